The highest BCUT2D eigenvalue weighted by atomic mass is 35.5. The van der Waals surface area contributed by atoms with E-state index < -0.39 is 0 Å². The molecule has 4 atom stereocenters. The third kappa shape index (κ3) is 3.74. The Kier molecular flexibility index (Phi) is 5.06. The second-order valence-corrected chi connectivity index (χ2v) is 8.31. The summed E-state index contributed by atoms with van der Waals surface area (Å²) in [5, 5.41) is 0.573. The van der Waals surface area contributed by atoms with Crippen molar-refractivity contribution in [1.82, 2.24) is 0 Å². The van der Waals surface area contributed by atoms with Crippen LogP contribution in [-0.2, 0) is 19.0 Å². The molecule has 5 nitrogen and oxygen atoms in total. The van der Waals surface area contributed by atoms with Crippen LogP contribution in [0.2, 0.25) is 5.02 Å². The van der Waals surface area contributed by atoms with Crippen molar-refractivity contribution in [3.63, 3.8) is 0 Å². The van der Waals surface area contributed by atoms with Crippen LogP contribution in [0, 0.1) is 5.92 Å². The fraction of sp³-hybridized carbons (Fsp3) is 0.455. The molecule has 0 aromatic heterocycles. The van der Waals surface area contributed by atoms with E-state index in [0.29, 0.717) is 22.6 Å². The Morgan fingerprint density at radius 2 is 2.11 bits per heavy atom. The van der Waals surface area contributed by atoms with Crippen LogP contribution in [-0.4, -0.2) is 36.4 Å². The molecule has 0 spiro atoms. The third-order valence-corrected chi connectivity index (χ3v) is 6.16. The Morgan fingerprint density at radius 1 is 1.36 bits per heavy atom. The molecule has 2 fully saturated rings. The summed E-state index contributed by atoms with van der Waals surface area (Å²) in [4.78, 5) is 24.3. The molecular weight excluding hydrogens is 380 g/mol. The number of rotatable bonds is 3. The van der Waals surface area contributed by atoms with Crippen LogP contribution >= 0.6 is 11.6 Å². The number of hydrogen-bond acceptors (Lipinski definition) is 5. The van der Waals surface area contributed by atoms with Crippen LogP contribution in [0.25, 0.3) is 0 Å². The third-order valence-electron chi connectivity index (χ3n) is 5.91. The molecular formula is C22H23ClO5. The van der Waals surface area contributed by atoms with E-state index >= 15 is 0 Å². The van der Waals surface area contributed by atoms with Crippen molar-refractivity contribution < 1.29 is 23.8 Å². The van der Waals surface area contributed by atoms with E-state index in [1.807, 2.05) is 0 Å². The second-order valence-electron chi connectivity index (χ2n) is 7.88. The van der Waals surface area contributed by atoms with E-state index in [-0.39, 0.29) is 42.3 Å². The lowest BCUT2D eigenvalue weighted by Gasteiger charge is -2.20. The number of benzene rings is 1. The van der Waals surface area contributed by atoms with Crippen molar-refractivity contribution in [2.24, 2.45) is 5.92 Å². The van der Waals surface area contributed by atoms with E-state index in [2.05, 4.69) is 19.6 Å². The molecule has 2 heterocycles. The molecule has 0 bridgehead atoms. The number of fused-ring (bicyclic) bond motifs is 3. The van der Waals surface area contributed by atoms with Crippen LogP contribution < -0.4 is 0 Å². The molecule has 28 heavy (non-hydrogen) atoms. The van der Waals surface area contributed by atoms with Crippen molar-refractivity contribution in [3.05, 3.63) is 58.7 Å². The lowest BCUT2D eigenvalue weighted by molar-refractivity contribution is -0.140. The molecule has 2 saturated heterocycles. The van der Waals surface area contributed by atoms with Gasteiger partial charge in [-0.1, -0.05) is 24.3 Å². The number of hydrogen-bond donors (Lipinski definition) is 0. The van der Waals surface area contributed by atoms with Crippen molar-refractivity contribution in [1.29, 1.82) is 0 Å². The number of esters is 2. The van der Waals surface area contributed by atoms with E-state index in [9.17, 15) is 9.59 Å². The van der Waals surface area contributed by atoms with Gasteiger partial charge in [0.25, 0.3) is 0 Å². The predicted molar refractivity (Wildman–Crippen MR) is 104 cm³/mol. The summed E-state index contributed by atoms with van der Waals surface area (Å²) in [6.07, 6.45) is 4.90. The molecule has 0 N–H and O–H groups in total. The standard InChI is InChI=1S/C22H23ClO5/c1-13-17-10-5-14(12-26-21(25)15-6-8-16(23)9-7-15)4-3-11-22(2)19(28-22)18(17)27-20(13)24/h4,6-9,17-19H,1,3,5,10-12H2,2H3/b14-4+/t17-,18-,19-,22+/m0/s1. The summed E-state index contributed by atoms with van der Waals surface area (Å²) in [7, 11) is 0. The summed E-state index contributed by atoms with van der Waals surface area (Å²) >= 11 is 5.86. The summed E-state index contributed by atoms with van der Waals surface area (Å²) in [6.45, 7) is 6.20. The Balaban J connectivity index is 1.43. The molecule has 6 heteroatoms. The number of ether oxygens (including phenoxy) is 3. The molecule has 0 unspecified atom stereocenters. The average molecular weight is 403 g/mol. The van der Waals surface area contributed by atoms with Crippen molar-refractivity contribution in [3.8, 4) is 0 Å². The molecule has 1 aromatic carbocycles. The maximum Gasteiger partial charge on any atom is 0.338 e. The van der Waals surface area contributed by atoms with Gasteiger partial charge in [0.2, 0.25) is 0 Å². The van der Waals surface area contributed by atoms with Gasteiger partial charge in [-0.15, -0.1) is 0 Å². The van der Waals surface area contributed by atoms with Gasteiger partial charge < -0.3 is 14.2 Å². The fourth-order valence-corrected chi connectivity index (χ4v) is 4.20. The first-order valence-electron chi connectivity index (χ1n) is 9.55. The number of epoxide rings is 1. The minimum atomic E-state index is -0.381. The number of halogens is 1. The molecule has 148 valence electrons. The topological polar surface area (TPSA) is 65.1 Å². The van der Waals surface area contributed by atoms with Crippen LogP contribution in [0.4, 0.5) is 0 Å². The van der Waals surface area contributed by atoms with Gasteiger partial charge in [-0.2, -0.15) is 0 Å². The normalized spacial score (nSPS) is 33.8. The molecule has 2 aliphatic heterocycles. The van der Waals surface area contributed by atoms with Crippen LogP contribution in [0.15, 0.2) is 48.1 Å². The Labute approximate surface area is 169 Å². The SMILES string of the molecule is C=C1C(=O)O[C@H]2[C@H]1CC/C(COC(=O)c1ccc(Cl)cc1)=C\CC[C@@]1(C)O[C@@H]21. The number of carbonyl (C=O) groups excluding carboxylic acids is 2. The molecule has 4 rings (SSSR count). The summed E-state index contributed by atoms with van der Waals surface area (Å²) < 4.78 is 16.9. The maximum atomic E-state index is 12.3. The summed E-state index contributed by atoms with van der Waals surface area (Å²) in [5.41, 5.74) is 1.75. The van der Waals surface area contributed by atoms with Crippen LogP contribution in [0.5, 0.6) is 0 Å². The first kappa shape index (κ1) is 19.2. The first-order chi connectivity index (χ1) is 13.4. The van der Waals surface area contributed by atoms with Gasteiger partial charge in [-0.25, -0.2) is 9.59 Å². The molecule has 1 aromatic rings. The van der Waals surface area contributed by atoms with Gasteiger partial charge in [0.1, 0.15) is 18.8 Å². The zero-order valence-corrected chi connectivity index (χ0v) is 16.5. The minimum Gasteiger partial charge on any atom is -0.458 e. The lowest BCUT2D eigenvalue weighted by atomic mass is 9.84. The zero-order valence-electron chi connectivity index (χ0n) is 15.8. The van der Waals surface area contributed by atoms with E-state index in [4.69, 9.17) is 25.8 Å². The van der Waals surface area contributed by atoms with Gasteiger partial charge in [-0.05, 0) is 62.4 Å². The number of carbonyl (C=O) groups is 2. The van der Waals surface area contributed by atoms with Crippen molar-refractivity contribution in [2.45, 2.75) is 50.4 Å². The highest BCUT2D eigenvalue weighted by molar-refractivity contribution is 6.30. The quantitative estimate of drug-likeness (QED) is 0.327. The predicted octanol–water partition coefficient (Wildman–Crippen LogP) is 4.25. The summed E-state index contributed by atoms with van der Waals surface area (Å²) in [6, 6.07) is 6.62. The van der Waals surface area contributed by atoms with E-state index in [0.717, 1.165) is 24.8 Å². The molecule has 0 radical (unpaired) electrons. The maximum absolute atomic E-state index is 12.3. The first-order valence-corrected chi connectivity index (χ1v) is 9.93. The van der Waals surface area contributed by atoms with Gasteiger partial charge >= 0.3 is 11.9 Å². The fourth-order valence-electron chi connectivity index (χ4n) is 4.08. The van der Waals surface area contributed by atoms with Gasteiger partial charge in [0, 0.05) is 16.5 Å². The largest absolute Gasteiger partial charge is 0.458 e. The van der Waals surface area contributed by atoms with Crippen molar-refractivity contribution >= 4 is 23.5 Å². The van der Waals surface area contributed by atoms with Gasteiger partial charge in [0.15, 0.2) is 0 Å². The zero-order chi connectivity index (χ0) is 19.9. The van der Waals surface area contributed by atoms with E-state index in [1.54, 1.807) is 24.3 Å². The van der Waals surface area contributed by atoms with Gasteiger partial charge in [0.05, 0.1) is 11.2 Å². The number of allylic oxidation sites excluding steroid dienone is 1. The summed E-state index contributed by atoms with van der Waals surface area (Å²) in [5.74, 6) is -0.770. The smallest absolute Gasteiger partial charge is 0.338 e. The highest BCUT2D eigenvalue weighted by Crippen LogP contribution is 2.49. The molecule has 1 aliphatic carbocycles. The van der Waals surface area contributed by atoms with Crippen LogP contribution in [0.3, 0.4) is 0 Å². The van der Waals surface area contributed by atoms with E-state index in [1.165, 1.54) is 0 Å². The Hall–Kier alpha value is -2.11. The van der Waals surface area contributed by atoms with Crippen LogP contribution in [0.1, 0.15) is 43.0 Å². The molecule has 3 aliphatic rings. The van der Waals surface area contributed by atoms with Gasteiger partial charge in [-0.3, -0.25) is 0 Å². The molecule has 0 amide bonds. The van der Waals surface area contributed by atoms with Crippen molar-refractivity contribution in [2.75, 3.05) is 6.61 Å². The second kappa shape index (κ2) is 7.37. The Bertz CT molecular complexity index is 843. The average Bonchev–Trinajstić information content (AvgIpc) is 3.26. The highest BCUT2D eigenvalue weighted by Gasteiger charge is 2.61. The lowest BCUT2D eigenvalue weighted by Crippen LogP contribution is -2.29. The molecule has 0 saturated carbocycles. The Morgan fingerprint density at radius 3 is 2.86 bits per heavy atom. The minimum absolute atomic E-state index is 0.0571. The monoisotopic (exact) mass is 402 g/mol.